The first-order chi connectivity index (χ1) is 7.29. The molecule has 3 nitrogen and oxygen atoms in total. The van der Waals surface area contributed by atoms with Gasteiger partial charge in [0.1, 0.15) is 6.29 Å². The van der Waals surface area contributed by atoms with Crippen LogP contribution in [0, 0.1) is 6.92 Å². The zero-order valence-electron chi connectivity index (χ0n) is 8.23. The van der Waals surface area contributed by atoms with Crippen LogP contribution in [0.25, 0.3) is 0 Å². The Morgan fingerprint density at radius 1 is 1.47 bits per heavy atom. The lowest BCUT2D eigenvalue weighted by Gasteiger charge is -2.01. The number of imidazole rings is 1. The summed E-state index contributed by atoms with van der Waals surface area (Å²) in [7, 11) is 0. The lowest BCUT2D eigenvalue weighted by molar-refractivity contribution is 0.112. The highest BCUT2D eigenvalue weighted by Gasteiger charge is 2.02. The maximum Gasteiger partial charge on any atom is 0.170 e. The largest absolute Gasteiger partial charge is 0.339 e. The molecule has 1 aromatic carbocycles. The van der Waals surface area contributed by atoms with Gasteiger partial charge in [0.25, 0.3) is 0 Å². The summed E-state index contributed by atoms with van der Waals surface area (Å²) in [4.78, 5) is 18.8. The highest BCUT2D eigenvalue weighted by Crippen LogP contribution is 2.25. The first-order valence-electron chi connectivity index (χ1n) is 4.52. The van der Waals surface area contributed by atoms with Crippen LogP contribution in [0.15, 0.2) is 40.6 Å². The fraction of sp³-hybridized carbons (Fsp3) is 0.0909. The molecular weight excluding hydrogens is 208 g/mol. The second kappa shape index (κ2) is 4.31. The van der Waals surface area contributed by atoms with Gasteiger partial charge >= 0.3 is 0 Å². The Morgan fingerprint density at radius 2 is 2.33 bits per heavy atom. The third-order valence-corrected chi connectivity index (χ3v) is 2.96. The third kappa shape index (κ3) is 2.27. The highest BCUT2D eigenvalue weighted by molar-refractivity contribution is 7.99. The Bertz CT molecular complexity index is 465. The highest BCUT2D eigenvalue weighted by atomic mass is 32.2. The average Bonchev–Trinajstić information content (AvgIpc) is 2.71. The summed E-state index contributed by atoms with van der Waals surface area (Å²) in [5.74, 6) is 0. The molecule has 0 spiro atoms. The van der Waals surface area contributed by atoms with Crippen molar-refractivity contribution < 1.29 is 4.79 Å². The minimum absolute atomic E-state index is 0.735. The van der Waals surface area contributed by atoms with Gasteiger partial charge < -0.3 is 4.98 Å². The van der Waals surface area contributed by atoms with Crippen LogP contribution in [0.3, 0.4) is 0 Å². The van der Waals surface area contributed by atoms with Crippen molar-refractivity contribution in [2.75, 3.05) is 0 Å². The first-order valence-corrected chi connectivity index (χ1v) is 5.34. The lowest BCUT2D eigenvalue weighted by Crippen LogP contribution is -1.86. The van der Waals surface area contributed by atoms with Crippen molar-refractivity contribution in [3.8, 4) is 0 Å². The predicted octanol–water partition coefficient (Wildman–Crippen LogP) is 2.68. The molecule has 0 amide bonds. The van der Waals surface area contributed by atoms with Gasteiger partial charge in [-0.15, -0.1) is 0 Å². The molecule has 1 heterocycles. The van der Waals surface area contributed by atoms with Crippen LogP contribution in [0.1, 0.15) is 15.9 Å². The number of carbonyl (C=O) groups is 1. The zero-order valence-corrected chi connectivity index (χ0v) is 9.04. The normalized spacial score (nSPS) is 10.2. The number of aromatic nitrogens is 2. The number of aromatic amines is 1. The number of aldehydes is 1. The van der Waals surface area contributed by atoms with E-state index in [0.29, 0.717) is 0 Å². The maximum absolute atomic E-state index is 10.6. The van der Waals surface area contributed by atoms with E-state index in [1.807, 2.05) is 25.1 Å². The van der Waals surface area contributed by atoms with E-state index in [4.69, 9.17) is 0 Å². The van der Waals surface area contributed by atoms with E-state index in [-0.39, 0.29) is 0 Å². The molecule has 0 radical (unpaired) electrons. The number of nitrogens with one attached hydrogen (secondary N) is 1. The van der Waals surface area contributed by atoms with Crippen molar-refractivity contribution >= 4 is 18.0 Å². The summed E-state index contributed by atoms with van der Waals surface area (Å²) in [6.07, 6.45) is 4.38. The number of carbonyl (C=O) groups excluding carboxylic acids is 1. The second-order valence-electron chi connectivity index (χ2n) is 3.13. The summed E-state index contributed by atoms with van der Waals surface area (Å²) in [6, 6.07) is 5.73. The van der Waals surface area contributed by atoms with Gasteiger partial charge in [-0.25, -0.2) is 4.98 Å². The van der Waals surface area contributed by atoms with E-state index in [0.717, 1.165) is 27.5 Å². The van der Waals surface area contributed by atoms with E-state index < -0.39 is 0 Å². The lowest BCUT2D eigenvalue weighted by atomic mass is 10.1. The molecule has 0 aliphatic rings. The molecule has 2 rings (SSSR count). The Labute approximate surface area is 91.9 Å². The first kappa shape index (κ1) is 9.98. The van der Waals surface area contributed by atoms with E-state index in [1.54, 1.807) is 24.2 Å². The predicted molar refractivity (Wildman–Crippen MR) is 59.3 cm³/mol. The molecular formula is C11H10N2OS. The molecule has 0 bridgehead atoms. The van der Waals surface area contributed by atoms with Gasteiger partial charge in [-0.2, -0.15) is 0 Å². The van der Waals surface area contributed by atoms with Gasteiger partial charge in [-0.1, -0.05) is 17.8 Å². The SMILES string of the molecule is Cc1cc(Sc2ncc[nH]2)ccc1C=O. The fourth-order valence-corrected chi connectivity index (χ4v) is 2.10. The summed E-state index contributed by atoms with van der Waals surface area (Å²) in [6.45, 7) is 1.93. The number of hydrogen-bond donors (Lipinski definition) is 1. The topological polar surface area (TPSA) is 45.8 Å². The Balaban J connectivity index is 2.23. The molecule has 2 aromatic rings. The molecule has 0 aliphatic carbocycles. The number of hydrogen-bond acceptors (Lipinski definition) is 3. The average molecular weight is 218 g/mol. The van der Waals surface area contributed by atoms with E-state index >= 15 is 0 Å². The molecule has 0 saturated heterocycles. The molecule has 1 aromatic heterocycles. The number of H-pyrrole nitrogens is 1. The fourth-order valence-electron chi connectivity index (χ4n) is 1.26. The van der Waals surface area contributed by atoms with E-state index in [1.165, 1.54) is 0 Å². The van der Waals surface area contributed by atoms with Crippen LogP contribution in [-0.2, 0) is 0 Å². The summed E-state index contributed by atoms with van der Waals surface area (Å²) in [5.41, 5.74) is 1.72. The van der Waals surface area contributed by atoms with Crippen LogP contribution < -0.4 is 0 Å². The Kier molecular flexibility index (Phi) is 2.87. The van der Waals surface area contributed by atoms with Crippen LogP contribution >= 0.6 is 11.8 Å². The van der Waals surface area contributed by atoms with Crippen molar-refractivity contribution in [1.29, 1.82) is 0 Å². The van der Waals surface area contributed by atoms with Gasteiger partial charge in [0.15, 0.2) is 5.16 Å². The van der Waals surface area contributed by atoms with Crippen molar-refractivity contribution in [3.63, 3.8) is 0 Å². The summed E-state index contributed by atoms with van der Waals surface area (Å²) in [5, 5.41) is 0.855. The van der Waals surface area contributed by atoms with Crippen LogP contribution in [0.2, 0.25) is 0 Å². The van der Waals surface area contributed by atoms with Crippen molar-refractivity contribution in [2.24, 2.45) is 0 Å². The molecule has 0 fully saturated rings. The molecule has 0 saturated carbocycles. The Morgan fingerprint density at radius 3 is 2.93 bits per heavy atom. The van der Waals surface area contributed by atoms with Gasteiger partial charge in [0.2, 0.25) is 0 Å². The minimum atomic E-state index is 0.735. The molecule has 15 heavy (non-hydrogen) atoms. The number of nitrogens with zero attached hydrogens (tertiary/aromatic N) is 1. The smallest absolute Gasteiger partial charge is 0.170 e. The summed E-state index contributed by atoms with van der Waals surface area (Å²) >= 11 is 1.55. The molecule has 0 atom stereocenters. The maximum atomic E-state index is 10.6. The zero-order chi connectivity index (χ0) is 10.7. The number of aryl methyl sites for hydroxylation is 1. The van der Waals surface area contributed by atoms with Gasteiger partial charge in [-0.3, -0.25) is 4.79 Å². The van der Waals surface area contributed by atoms with Crippen molar-refractivity contribution in [2.45, 2.75) is 17.0 Å². The van der Waals surface area contributed by atoms with Crippen LogP contribution in [-0.4, -0.2) is 16.3 Å². The molecule has 4 heteroatoms. The molecule has 0 unspecified atom stereocenters. The third-order valence-electron chi connectivity index (χ3n) is 2.06. The van der Waals surface area contributed by atoms with E-state index in [2.05, 4.69) is 9.97 Å². The molecule has 0 aliphatic heterocycles. The van der Waals surface area contributed by atoms with Crippen LogP contribution in [0.4, 0.5) is 0 Å². The number of benzene rings is 1. The standard InChI is InChI=1S/C11H10N2OS/c1-8-6-10(3-2-9(8)7-14)15-11-12-4-5-13-11/h2-7H,1H3,(H,12,13). The van der Waals surface area contributed by atoms with Gasteiger partial charge in [0.05, 0.1) is 0 Å². The van der Waals surface area contributed by atoms with Crippen LogP contribution in [0.5, 0.6) is 0 Å². The number of rotatable bonds is 3. The Hall–Kier alpha value is -1.55. The second-order valence-corrected chi connectivity index (χ2v) is 4.19. The van der Waals surface area contributed by atoms with E-state index in [9.17, 15) is 4.79 Å². The molecule has 1 N–H and O–H groups in total. The van der Waals surface area contributed by atoms with Crippen molar-refractivity contribution in [1.82, 2.24) is 9.97 Å². The quantitative estimate of drug-likeness (QED) is 0.806. The monoisotopic (exact) mass is 218 g/mol. The minimum Gasteiger partial charge on any atom is -0.339 e. The molecule has 76 valence electrons. The summed E-state index contributed by atoms with van der Waals surface area (Å²) < 4.78 is 0. The van der Waals surface area contributed by atoms with Gasteiger partial charge in [-0.05, 0) is 24.6 Å². The van der Waals surface area contributed by atoms with Gasteiger partial charge in [0, 0.05) is 22.9 Å². The van der Waals surface area contributed by atoms with Crippen molar-refractivity contribution in [3.05, 3.63) is 41.7 Å².